The first-order valence-electron chi connectivity index (χ1n) is 4.75. The van der Waals surface area contributed by atoms with Gasteiger partial charge in [0.15, 0.2) is 6.17 Å². The van der Waals surface area contributed by atoms with Crippen molar-refractivity contribution in [3.05, 3.63) is 56.6 Å². The second-order valence-electron chi connectivity index (χ2n) is 3.39. The zero-order chi connectivity index (χ0) is 11.5. The van der Waals surface area contributed by atoms with Crippen molar-refractivity contribution in [2.75, 3.05) is 0 Å². The number of rotatable bonds is 3. The van der Waals surface area contributed by atoms with Gasteiger partial charge in [-0.05, 0) is 17.5 Å². The van der Waals surface area contributed by atoms with Gasteiger partial charge in [-0.15, -0.1) is 11.3 Å². The van der Waals surface area contributed by atoms with Gasteiger partial charge < -0.3 is 10.6 Å². The smallest absolute Gasteiger partial charge is 0.282 e. The minimum Gasteiger partial charge on any atom is -0.348 e. The fourth-order valence-corrected chi connectivity index (χ4v) is 2.23. The quantitative estimate of drug-likeness (QED) is 0.639. The summed E-state index contributed by atoms with van der Waals surface area (Å²) in [5.74, 6) is 0. The van der Waals surface area contributed by atoms with E-state index in [1.165, 1.54) is 6.08 Å². The van der Waals surface area contributed by atoms with Crippen LogP contribution in [0.3, 0.4) is 0 Å². The summed E-state index contributed by atoms with van der Waals surface area (Å²) < 4.78 is 0. The van der Waals surface area contributed by atoms with Gasteiger partial charge in [-0.3, -0.25) is 10.1 Å². The molecule has 1 aromatic rings. The van der Waals surface area contributed by atoms with Crippen LogP contribution in [0.5, 0.6) is 0 Å². The van der Waals surface area contributed by atoms with Gasteiger partial charge in [0.25, 0.3) is 5.70 Å². The van der Waals surface area contributed by atoms with Crippen LogP contribution < -0.4 is 5.73 Å². The first-order chi connectivity index (χ1) is 7.68. The SMILES string of the molecule is NC1C([N+](=O)[O-])=CC=CN1Cc1cccs1. The normalized spacial score (nSPS) is 19.7. The number of nitrogens with zero attached hydrogens (tertiary/aromatic N) is 2. The monoisotopic (exact) mass is 237 g/mol. The molecule has 0 amide bonds. The van der Waals surface area contributed by atoms with Crippen LogP contribution in [0, 0.1) is 10.1 Å². The third kappa shape index (κ3) is 2.12. The molecule has 0 saturated carbocycles. The zero-order valence-corrected chi connectivity index (χ0v) is 9.26. The van der Waals surface area contributed by atoms with Crippen LogP contribution >= 0.6 is 11.3 Å². The van der Waals surface area contributed by atoms with Gasteiger partial charge in [-0.2, -0.15) is 0 Å². The highest BCUT2D eigenvalue weighted by atomic mass is 32.1. The van der Waals surface area contributed by atoms with Crippen molar-refractivity contribution in [1.82, 2.24) is 4.90 Å². The van der Waals surface area contributed by atoms with Gasteiger partial charge in [0.05, 0.1) is 11.5 Å². The number of nitrogens with two attached hydrogens (primary N) is 1. The summed E-state index contributed by atoms with van der Waals surface area (Å²) in [7, 11) is 0. The molecule has 0 aliphatic carbocycles. The second kappa shape index (κ2) is 4.46. The van der Waals surface area contributed by atoms with Crippen LogP contribution in [0.4, 0.5) is 0 Å². The molecule has 0 saturated heterocycles. The van der Waals surface area contributed by atoms with Crippen LogP contribution in [-0.4, -0.2) is 16.0 Å². The third-order valence-electron chi connectivity index (χ3n) is 2.33. The van der Waals surface area contributed by atoms with Crippen molar-refractivity contribution in [3.8, 4) is 0 Å². The lowest BCUT2D eigenvalue weighted by Gasteiger charge is -2.26. The second-order valence-corrected chi connectivity index (χ2v) is 4.42. The summed E-state index contributed by atoms with van der Waals surface area (Å²) in [5, 5.41) is 12.7. The predicted octanol–water partition coefficient (Wildman–Crippen LogP) is 1.52. The Morgan fingerprint density at radius 2 is 2.44 bits per heavy atom. The average Bonchev–Trinajstić information content (AvgIpc) is 2.73. The molecule has 6 heteroatoms. The van der Waals surface area contributed by atoms with E-state index in [2.05, 4.69) is 0 Å². The summed E-state index contributed by atoms with van der Waals surface area (Å²) in [6.45, 7) is 0.598. The van der Waals surface area contributed by atoms with E-state index >= 15 is 0 Å². The van der Waals surface area contributed by atoms with Crippen LogP contribution in [0.25, 0.3) is 0 Å². The van der Waals surface area contributed by atoms with E-state index in [1.807, 2.05) is 17.5 Å². The molecule has 84 valence electrons. The van der Waals surface area contributed by atoms with Crippen molar-refractivity contribution >= 4 is 11.3 Å². The lowest BCUT2D eigenvalue weighted by atomic mass is 10.2. The highest BCUT2D eigenvalue weighted by molar-refractivity contribution is 7.09. The van der Waals surface area contributed by atoms with E-state index in [0.717, 1.165) is 4.88 Å². The van der Waals surface area contributed by atoms with Crippen LogP contribution in [-0.2, 0) is 6.54 Å². The van der Waals surface area contributed by atoms with Gasteiger partial charge in [0.2, 0.25) is 0 Å². The molecule has 2 heterocycles. The molecule has 2 rings (SSSR count). The molecule has 1 aliphatic heterocycles. The molecule has 1 unspecified atom stereocenters. The molecule has 2 N–H and O–H groups in total. The number of allylic oxidation sites excluding steroid dienone is 2. The summed E-state index contributed by atoms with van der Waals surface area (Å²) in [6.07, 6.45) is 4.18. The largest absolute Gasteiger partial charge is 0.348 e. The molecular weight excluding hydrogens is 226 g/mol. The minimum atomic E-state index is -0.679. The van der Waals surface area contributed by atoms with Crippen molar-refractivity contribution in [2.45, 2.75) is 12.7 Å². The summed E-state index contributed by atoms with van der Waals surface area (Å²) in [4.78, 5) is 13.2. The Morgan fingerprint density at radius 1 is 1.62 bits per heavy atom. The third-order valence-corrected chi connectivity index (χ3v) is 3.20. The predicted molar refractivity (Wildman–Crippen MR) is 62.1 cm³/mol. The lowest BCUT2D eigenvalue weighted by Crippen LogP contribution is -2.42. The maximum absolute atomic E-state index is 10.7. The molecule has 0 aromatic carbocycles. The van der Waals surface area contributed by atoms with Gasteiger partial charge in [0.1, 0.15) is 0 Å². The Labute approximate surface area is 96.6 Å². The number of nitro groups is 1. The average molecular weight is 237 g/mol. The lowest BCUT2D eigenvalue weighted by molar-refractivity contribution is -0.433. The molecule has 0 fully saturated rings. The van der Waals surface area contributed by atoms with E-state index < -0.39 is 11.1 Å². The molecule has 0 radical (unpaired) electrons. The maximum Gasteiger partial charge on any atom is 0.282 e. The first-order valence-corrected chi connectivity index (χ1v) is 5.63. The van der Waals surface area contributed by atoms with Crippen LogP contribution in [0.15, 0.2) is 41.6 Å². The minimum absolute atomic E-state index is 0.0269. The van der Waals surface area contributed by atoms with Gasteiger partial charge >= 0.3 is 0 Å². The summed E-state index contributed by atoms with van der Waals surface area (Å²) in [5.41, 5.74) is 5.84. The van der Waals surface area contributed by atoms with Gasteiger partial charge in [0, 0.05) is 17.2 Å². The van der Waals surface area contributed by atoms with Gasteiger partial charge in [-0.1, -0.05) is 6.07 Å². The van der Waals surface area contributed by atoms with E-state index in [-0.39, 0.29) is 5.70 Å². The number of thiophene rings is 1. The Kier molecular flexibility index (Phi) is 3.02. The molecule has 0 spiro atoms. The first kappa shape index (κ1) is 10.8. The molecule has 16 heavy (non-hydrogen) atoms. The van der Waals surface area contributed by atoms with Crippen molar-refractivity contribution in [3.63, 3.8) is 0 Å². The van der Waals surface area contributed by atoms with Crippen molar-refractivity contribution < 1.29 is 4.92 Å². The Morgan fingerprint density at radius 3 is 3.06 bits per heavy atom. The van der Waals surface area contributed by atoms with Crippen LogP contribution in [0.2, 0.25) is 0 Å². The molecule has 5 nitrogen and oxygen atoms in total. The maximum atomic E-state index is 10.7. The Hall–Kier alpha value is -1.66. The summed E-state index contributed by atoms with van der Waals surface area (Å²) in [6, 6.07) is 3.93. The number of hydrogen-bond acceptors (Lipinski definition) is 5. The van der Waals surface area contributed by atoms with Crippen molar-refractivity contribution in [2.24, 2.45) is 5.73 Å². The van der Waals surface area contributed by atoms with Gasteiger partial charge in [-0.25, -0.2) is 0 Å². The topological polar surface area (TPSA) is 72.4 Å². The molecule has 1 aromatic heterocycles. The fourth-order valence-electron chi connectivity index (χ4n) is 1.52. The molecule has 1 aliphatic rings. The van der Waals surface area contributed by atoms with E-state index in [0.29, 0.717) is 6.54 Å². The highest BCUT2D eigenvalue weighted by Crippen LogP contribution is 2.18. The number of hydrogen-bond donors (Lipinski definition) is 1. The highest BCUT2D eigenvalue weighted by Gasteiger charge is 2.27. The molecular formula is C10H11N3O2S. The molecule has 0 bridgehead atoms. The summed E-state index contributed by atoms with van der Waals surface area (Å²) >= 11 is 1.61. The van der Waals surface area contributed by atoms with E-state index in [9.17, 15) is 10.1 Å². The standard InChI is InChI=1S/C10H11N3O2S/c11-10-9(13(14)15)4-1-5-12(10)7-8-3-2-6-16-8/h1-6,10H,7,11H2. The van der Waals surface area contributed by atoms with Crippen molar-refractivity contribution in [1.29, 1.82) is 0 Å². The Balaban J connectivity index is 2.11. The fraction of sp³-hybridized carbons (Fsp3) is 0.200. The van der Waals surface area contributed by atoms with E-state index in [1.54, 1.807) is 28.5 Å². The van der Waals surface area contributed by atoms with E-state index in [4.69, 9.17) is 5.73 Å². The Bertz CT molecular complexity index is 439. The van der Waals surface area contributed by atoms with Crippen LogP contribution in [0.1, 0.15) is 4.88 Å². The zero-order valence-electron chi connectivity index (χ0n) is 8.45. The molecule has 1 atom stereocenters.